The van der Waals surface area contributed by atoms with Crippen molar-refractivity contribution in [3.8, 4) is 17.1 Å². The molecule has 1 saturated heterocycles. The first-order valence-corrected chi connectivity index (χ1v) is 12.0. The normalized spacial score (nSPS) is 17.2. The monoisotopic (exact) mass is 450 g/mol. The lowest BCUT2D eigenvalue weighted by Crippen LogP contribution is -2.29. The SMILES string of the molecule is O=c1n(Cc2ccc(-c3ccc(F)c(CN4CCCCC4)n3)cc2)cc(O)n1CC1CCC1. The fourth-order valence-corrected chi connectivity index (χ4v) is 4.80. The molecule has 5 rings (SSSR count). The van der Waals surface area contributed by atoms with E-state index in [1.807, 2.05) is 24.3 Å². The molecule has 1 aromatic carbocycles. The Hall–Kier alpha value is -2.93. The molecule has 3 heterocycles. The second-order valence-corrected chi connectivity index (χ2v) is 9.46. The fraction of sp³-hybridized carbons (Fsp3) is 0.462. The quantitative estimate of drug-likeness (QED) is 0.580. The minimum Gasteiger partial charge on any atom is -0.493 e. The van der Waals surface area contributed by atoms with Crippen molar-refractivity contribution in [3.05, 3.63) is 70.2 Å². The van der Waals surface area contributed by atoms with E-state index < -0.39 is 0 Å². The van der Waals surface area contributed by atoms with Crippen LogP contribution < -0.4 is 5.69 Å². The predicted molar refractivity (Wildman–Crippen MR) is 126 cm³/mol. The zero-order valence-electron chi connectivity index (χ0n) is 18.9. The first-order chi connectivity index (χ1) is 16.1. The summed E-state index contributed by atoms with van der Waals surface area (Å²) in [6.07, 6.45) is 8.53. The number of hydrogen-bond donors (Lipinski definition) is 1. The number of piperidine rings is 1. The maximum absolute atomic E-state index is 14.4. The average Bonchev–Trinajstić information content (AvgIpc) is 3.06. The summed E-state index contributed by atoms with van der Waals surface area (Å²) in [6, 6.07) is 11.0. The van der Waals surface area contributed by atoms with E-state index in [1.54, 1.807) is 10.6 Å². The molecule has 0 unspecified atom stereocenters. The van der Waals surface area contributed by atoms with E-state index in [0.29, 0.717) is 31.2 Å². The van der Waals surface area contributed by atoms with Crippen LogP contribution in [0.15, 0.2) is 47.4 Å². The molecule has 0 radical (unpaired) electrons. The number of aromatic hydroxyl groups is 1. The summed E-state index contributed by atoms with van der Waals surface area (Å²) in [4.78, 5) is 19.6. The van der Waals surface area contributed by atoms with Gasteiger partial charge in [0.2, 0.25) is 5.88 Å². The Kier molecular flexibility index (Phi) is 6.31. The largest absolute Gasteiger partial charge is 0.493 e. The van der Waals surface area contributed by atoms with Crippen molar-refractivity contribution in [1.29, 1.82) is 0 Å². The van der Waals surface area contributed by atoms with Gasteiger partial charge in [-0.1, -0.05) is 37.1 Å². The van der Waals surface area contributed by atoms with Gasteiger partial charge in [-0.25, -0.2) is 14.2 Å². The van der Waals surface area contributed by atoms with Crippen molar-refractivity contribution in [3.63, 3.8) is 0 Å². The highest BCUT2D eigenvalue weighted by Gasteiger charge is 2.21. The van der Waals surface area contributed by atoms with Crippen molar-refractivity contribution in [2.75, 3.05) is 13.1 Å². The molecule has 2 aromatic heterocycles. The van der Waals surface area contributed by atoms with Crippen LogP contribution in [-0.2, 0) is 19.6 Å². The van der Waals surface area contributed by atoms with E-state index in [0.717, 1.165) is 55.6 Å². The first kappa shape index (κ1) is 21.9. The van der Waals surface area contributed by atoms with Crippen LogP contribution in [0.3, 0.4) is 0 Å². The summed E-state index contributed by atoms with van der Waals surface area (Å²) in [7, 11) is 0. The van der Waals surface area contributed by atoms with E-state index in [4.69, 9.17) is 0 Å². The number of aromatic nitrogens is 3. The van der Waals surface area contributed by atoms with Crippen LogP contribution in [0.2, 0.25) is 0 Å². The van der Waals surface area contributed by atoms with Gasteiger partial charge in [0.25, 0.3) is 0 Å². The summed E-state index contributed by atoms with van der Waals surface area (Å²) in [5.41, 5.74) is 2.93. The fourth-order valence-electron chi connectivity index (χ4n) is 4.80. The van der Waals surface area contributed by atoms with Crippen molar-refractivity contribution in [2.24, 2.45) is 5.92 Å². The van der Waals surface area contributed by atoms with Gasteiger partial charge in [-0.3, -0.25) is 14.0 Å². The van der Waals surface area contributed by atoms with Crippen LogP contribution in [0.1, 0.15) is 49.8 Å². The second kappa shape index (κ2) is 9.51. The molecule has 3 aromatic rings. The Morgan fingerprint density at radius 1 is 0.970 bits per heavy atom. The number of hydrogen-bond acceptors (Lipinski definition) is 4. The molecule has 33 heavy (non-hydrogen) atoms. The van der Waals surface area contributed by atoms with Crippen LogP contribution in [0.5, 0.6) is 5.88 Å². The highest BCUT2D eigenvalue weighted by Crippen LogP contribution is 2.28. The minimum atomic E-state index is -0.258. The molecule has 0 amide bonds. The highest BCUT2D eigenvalue weighted by atomic mass is 19.1. The number of halogens is 1. The van der Waals surface area contributed by atoms with E-state index in [1.165, 1.54) is 29.7 Å². The van der Waals surface area contributed by atoms with Crippen molar-refractivity contribution in [1.82, 2.24) is 19.0 Å². The Morgan fingerprint density at radius 2 is 1.73 bits per heavy atom. The van der Waals surface area contributed by atoms with Gasteiger partial charge < -0.3 is 5.11 Å². The third kappa shape index (κ3) is 4.88. The standard InChI is InChI=1S/C26H31FN4O2/c27-22-11-12-23(28-24(22)17-29-13-2-1-3-14-29)21-9-7-20(8-10-21)15-30-18-25(32)31(26(30)33)16-19-5-4-6-19/h7-12,18-19,32H,1-6,13-17H2. The Balaban J connectivity index is 1.29. The minimum absolute atomic E-state index is 0.0280. The Labute approximate surface area is 193 Å². The maximum atomic E-state index is 14.4. The second-order valence-electron chi connectivity index (χ2n) is 9.46. The molecule has 6 nitrogen and oxygen atoms in total. The molecule has 1 N–H and O–H groups in total. The van der Waals surface area contributed by atoms with Gasteiger partial charge in [0.15, 0.2) is 0 Å². The smallest absolute Gasteiger partial charge is 0.331 e. The highest BCUT2D eigenvalue weighted by molar-refractivity contribution is 5.59. The number of pyridine rings is 1. The third-order valence-corrected chi connectivity index (χ3v) is 7.03. The molecule has 174 valence electrons. The average molecular weight is 451 g/mol. The van der Waals surface area contributed by atoms with E-state index >= 15 is 0 Å². The van der Waals surface area contributed by atoms with Crippen molar-refractivity contribution < 1.29 is 9.50 Å². The molecule has 0 atom stereocenters. The molecule has 7 heteroatoms. The zero-order chi connectivity index (χ0) is 22.8. The Morgan fingerprint density at radius 3 is 2.42 bits per heavy atom. The van der Waals surface area contributed by atoms with Gasteiger partial charge in [0.1, 0.15) is 5.82 Å². The molecular weight excluding hydrogens is 419 g/mol. The molecule has 0 bridgehead atoms. The van der Waals surface area contributed by atoms with Gasteiger partial charge >= 0.3 is 5.69 Å². The number of imidazole rings is 1. The lowest BCUT2D eigenvalue weighted by molar-refractivity contribution is 0.215. The molecular formula is C26H31FN4O2. The molecule has 1 saturated carbocycles. The zero-order valence-corrected chi connectivity index (χ0v) is 18.9. The van der Waals surface area contributed by atoms with Crippen LogP contribution in [0, 0.1) is 11.7 Å². The molecule has 0 spiro atoms. The lowest BCUT2D eigenvalue weighted by atomic mass is 9.85. The van der Waals surface area contributed by atoms with Gasteiger partial charge in [-0.2, -0.15) is 0 Å². The summed E-state index contributed by atoms with van der Waals surface area (Å²) < 4.78 is 17.4. The first-order valence-electron chi connectivity index (χ1n) is 12.0. The molecule has 1 aliphatic carbocycles. The number of rotatable bonds is 7. The van der Waals surface area contributed by atoms with Gasteiger partial charge in [0.05, 0.1) is 24.1 Å². The van der Waals surface area contributed by atoms with Gasteiger partial charge in [-0.05, 0) is 62.4 Å². The van der Waals surface area contributed by atoms with Crippen LogP contribution in [-0.4, -0.2) is 37.2 Å². The van der Waals surface area contributed by atoms with E-state index in [-0.39, 0.29) is 17.4 Å². The summed E-state index contributed by atoms with van der Waals surface area (Å²) in [5.74, 6) is 0.263. The van der Waals surface area contributed by atoms with Crippen LogP contribution >= 0.6 is 0 Å². The predicted octanol–water partition coefficient (Wildman–Crippen LogP) is 4.39. The summed E-state index contributed by atoms with van der Waals surface area (Å²) >= 11 is 0. The lowest BCUT2D eigenvalue weighted by Gasteiger charge is -2.26. The van der Waals surface area contributed by atoms with E-state index in [9.17, 15) is 14.3 Å². The molecule has 2 aliphatic rings. The summed E-state index contributed by atoms with van der Waals surface area (Å²) in [5, 5.41) is 10.2. The summed E-state index contributed by atoms with van der Waals surface area (Å²) in [6.45, 7) is 3.52. The van der Waals surface area contributed by atoms with Crippen LogP contribution in [0.25, 0.3) is 11.3 Å². The van der Waals surface area contributed by atoms with Crippen LogP contribution in [0.4, 0.5) is 4.39 Å². The van der Waals surface area contributed by atoms with Gasteiger partial charge in [0, 0.05) is 18.7 Å². The topological polar surface area (TPSA) is 63.3 Å². The number of likely N-dealkylation sites (tertiary alicyclic amines) is 1. The number of benzene rings is 1. The van der Waals surface area contributed by atoms with Crippen molar-refractivity contribution in [2.45, 2.75) is 58.2 Å². The third-order valence-electron chi connectivity index (χ3n) is 7.03. The molecule has 2 fully saturated rings. The van der Waals surface area contributed by atoms with Crippen molar-refractivity contribution >= 4 is 0 Å². The number of nitrogens with zero attached hydrogens (tertiary/aromatic N) is 4. The molecule has 1 aliphatic heterocycles. The van der Waals surface area contributed by atoms with E-state index in [2.05, 4.69) is 9.88 Å². The van der Waals surface area contributed by atoms with Gasteiger partial charge in [-0.15, -0.1) is 0 Å². The maximum Gasteiger partial charge on any atom is 0.331 e. The Bertz CT molecular complexity index is 1160.